The van der Waals surface area contributed by atoms with Gasteiger partial charge in [0.2, 0.25) is 5.89 Å². The Morgan fingerprint density at radius 3 is 2.44 bits per heavy atom. The van der Waals surface area contributed by atoms with Crippen LogP contribution in [0.4, 0.5) is 5.69 Å². The van der Waals surface area contributed by atoms with E-state index in [2.05, 4.69) is 21.7 Å². The van der Waals surface area contributed by atoms with Crippen molar-refractivity contribution >= 4 is 40.0 Å². The molecule has 0 bridgehead atoms. The Bertz CT molecular complexity index is 1280. The molecule has 0 saturated carbocycles. The molecule has 1 aromatic heterocycles. The fourth-order valence-corrected chi connectivity index (χ4v) is 3.64. The van der Waals surface area contributed by atoms with E-state index in [0.717, 1.165) is 16.7 Å². The molecule has 1 amide bonds. The molecule has 0 aliphatic heterocycles. The van der Waals surface area contributed by atoms with Crippen molar-refractivity contribution in [3.05, 3.63) is 77.4 Å². The maximum absolute atomic E-state index is 12.4. The lowest BCUT2D eigenvalue weighted by Crippen LogP contribution is -2.34. The Kier molecular flexibility index (Phi) is 6.18. The minimum atomic E-state index is -0.301. The Morgan fingerprint density at radius 2 is 1.75 bits per heavy atom. The molecule has 32 heavy (non-hydrogen) atoms. The lowest BCUT2D eigenvalue weighted by molar-refractivity contribution is 0.0977. The van der Waals surface area contributed by atoms with E-state index in [0.29, 0.717) is 40.6 Å². The zero-order valence-electron chi connectivity index (χ0n) is 18.1. The van der Waals surface area contributed by atoms with E-state index < -0.39 is 0 Å². The number of amides is 1. The molecule has 0 saturated heterocycles. The predicted molar refractivity (Wildman–Crippen MR) is 130 cm³/mol. The lowest BCUT2D eigenvalue weighted by Gasteiger charge is -2.10. The molecule has 0 fully saturated rings. The molecule has 6 nitrogen and oxygen atoms in total. The highest BCUT2D eigenvalue weighted by Crippen LogP contribution is 2.27. The Labute approximate surface area is 191 Å². The second kappa shape index (κ2) is 9.20. The van der Waals surface area contributed by atoms with Gasteiger partial charge in [0.05, 0.1) is 6.61 Å². The number of carbonyl (C=O) groups excluding carboxylic acids is 1. The van der Waals surface area contributed by atoms with Gasteiger partial charge in [0, 0.05) is 16.8 Å². The topological polar surface area (TPSA) is 76.4 Å². The second-order valence-corrected chi connectivity index (χ2v) is 7.85. The van der Waals surface area contributed by atoms with Gasteiger partial charge in [-0.3, -0.25) is 10.1 Å². The van der Waals surface area contributed by atoms with Gasteiger partial charge in [-0.25, -0.2) is 4.98 Å². The number of thiocarbonyl (C=S) groups is 1. The Balaban J connectivity index is 1.45. The van der Waals surface area contributed by atoms with Crippen molar-refractivity contribution in [3.63, 3.8) is 0 Å². The summed E-state index contributed by atoms with van der Waals surface area (Å²) in [6.07, 6.45) is 0. The van der Waals surface area contributed by atoms with E-state index in [4.69, 9.17) is 21.4 Å². The molecule has 0 atom stereocenters. The quantitative estimate of drug-likeness (QED) is 0.387. The van der Waals surface area contributed by atoms with Crippen molar-refractivity contribution in [2.24, 2.45) is 0 Å². The van der Waals surface area contributed by atoms with Crippen LogP contribution in [-0.2, 0) is 0 Å². The van der Waals surface area contributed by atoms with Crippen molar-refractivity contribution < 1.29 is 13.9 Å². The summed E-state index contributed by atoms with van der Waals surface area (Å²) >= 11 is 5.30. The number of hydrogen-bond acceptors (Lipinski definition) is 5. The number of aromatic nitrogens is 1. The Morgan fingerprint density at radius 1 is 1.03 bits per heavy atom. The van der Waals surface area contributed by atoms with Crippen molar-refractivity contribution in [2.75, 3.05) is 11.9 Å². The van der Waals surface area contributed by atoms with Crippen molar-refractivity contribution in [1.29, 1.82) is 0 Å². The summed E-state index contributed by atoms with van der Waals surface area (Å²) in [6, 6.07) is 18.6. The standard InChI is InChI=1S/C25H23N3O3S/c1-4-30-20-8-5-17(6-9-20)23(29)28-25(32)26-19-7-10-22-21(14-19)27-24(31-22)18-12-15(2)11-16(3)13-18/h5-14H,4H2,1-3H3,(H2,26,28,29,32). The van der Waals surface area contributed by atoms with Crippen LogP contribution in [0, 0.1) is 13.8 Å². The minimum Gasteiger partial charge on any atom is -0.494 e. The van der Waals surface area contributed by atoms with Gasteiger partial charge in [0.25, 0.3) is 5.91 Å². The molecule has 162 valence electrons. The van der Waals surface area contributed by atoms with E-state index in [1.807, 2.05) is 51.1 Å². The highest BCUT2D eigenvalue weighted by atomic mass is 32.1. The van der Waals surface area contributed by atoms with Crippen LogP contribution < -0.4 is 15.4 Å². The molecule has 2 N–H and O–H groups in total. The Hall–Kier alpha value is -3.71. The molecule has 0 unspecified atom stereocenters. The number of ether oxygens (including phenoxy) is 1. The van der Waals surface area contributed by atoms with Gasteiger partial charge in [0.15, 0.2) is 10.7 Å². The van der Waals surface area contributed by atoms with E-state index in [1.165, 1.54) is 0 Å². The second-order valence-electron chi connectivity index (χ2n) is 7.44. The molecule has 4 aromatic rings. The fourth-order valence-electron chi connectivity index (χ4n) is 3.43. The monoisotopic (exact) mass is 445 g/mol. The van der Waals surface area contributed by atoms with Crippen LogP contribution in [0.25, 0.3) is 22.6 Å². The van der Waals surface area contributed by atoms with Gasteiger partial charge in [0.1, 0.15) is 11.3 Å². The molecule has 3 aromatic carbocycles. The summed E-state index contributed by atoms with van der Waals surface area (Å²) in [5.74, 6) is 0.978. The van der Waals surface area contributed by atoms with Crippen LogP contribution in [0.1, 0.15) is 28.4 Å². The average Bonchev–Trinajstić information content (AvgIpc) is 3.17. The van der Waals surface area contributed by atoms with Crippen LogP contribution in [0.2, 0.25) is 0 Å². The zero-order valence-corrected chi connectivity index (χ0v) is 18.9. The van der Waals surface area contributed by atoms with Gasteiger partial charge in [-0.1, -0.05) is 17.2 Å². The number of nitrogens with zero attached hydrogens (tertiary/aromatic N) is 1. The number of aryl methyl sites for hydroxylation is 2. The first-order valence-corrected chi connectivity index (χ1v) is 10.7. The molecular formula is C25H23N3O3S. The molecule has 7 heteroatoms. The van der Waals surface area contributed by atoms with Crippen LogP contribution in [0.3, 0.4) is 0 Å². The number of oxazole rings is 1. The molecule has 4 rings (SSSR count). The van der Waals surface area contributed by atoms with Crippen LogP contribution in [0.15, 0.2) is 65.1 Å². The molecule has 0 radical (unpaired) electrons. The summed E-state index contributed by atoms with van der Waals surface area (Å²) in [5.41, 5.74) is 5.80. The normalized spacial score (nSPS) is 10.7. The van der Waals surface area contributed by atoms with Crippen LogP contribution in [0.5, 0.6) is 5.75 Å². The predicted octanol–water partition coefficient (Wildman–Crippen LogP) is 5.64. The van der Waals surface area contributed by atoms with Gasteiger partial charge in [-0.05, 0) is 87.6 Å². The summed E-state index contributed by atoms with van der Waals surface area (Å²) in [6.45, 7) is 6.57. The molecular weight excluding hydrogens is 422 g/mol. The average molecular weight is 446 g/mol. The van der Waals surface area contributed by atoms with E-state index in [9.17, 15) is 4.79 Å². The van der Waals surface area contributed by atoms with Crippen molar-refractivity contribution in [1.82, 2.24) is 10.3 Å². The summed E-state index contributed by atoms with van der Waals surface area (Å²) in [4.78, 5) is 17.1. The van der Waals surface area contributed by atoms with Gasteiger partial charge < -0.3 is 14.5 Å². The third kappa shape index (κ3) is 4.95. The largest absolute Gasteiger partial charge is 0.494 e. The van der Waals surface area contributed by atoms with E-state index >= 15 is 0 Å². The number of carbonyl (C=O) groups is 1. The maximum atomic E-state index is 12.4. The molecule has 0 aliphatic carbocycles. The van der Waals surface area contributed by atoms with Crippen LogP contribution >= 0.6 is 12.2 Å². The SMILES string of the molecule is CCOc1ccc(C(=O)NC(=S)Nc2ccc3oc(-c4cc(C)cc(C)c4)nc3c2)cc1. The fraction of sp³-hybridized carbons (Fsp3) is 0.160. The first-order valence-electron chi connectivity index (χ1n) is 10.3. The van der Waals surface area contributed by atoms with Crippen molar-refractivity contribution in [3.8, 4) is 17.2 Å². The maximum Gasteiger partial charge on any atom is 0.257 e. The number of benzene rings is 3. The smallest absolute Gasteiger partial charge is 0.257 e. The third-order valence-corrected chi connectivity index (χ3v) is 4.97. The first kappa shape index (κ1) is 21.5. The third-order valence-electron chi connectivity index (χ3n) is 4.77. The highest BCUT2D eigenvalue weighted by molar-refractivity contribution is 7.80. The zero-order chi connectivity index (χ0) is 22.7. The number of hydrogen-bond donors (Lipinski definition) is 2. The highest BCUT2D eigenvalue weighted by Gasteiger charge is 2.12. The van der Waals surface area contributed by atoms with Crippen molar-refractivity contribution in [2.45, 2.75) is 20.8 Å². The van der Waals surface area contributed by atoms with Gasteiger partial charge in [-0.15, -0.1) is 0 Å². The molecule has 1 heterocycles. The number of anilines is 1. The summed E-state index contributed by atoms with van der Waals surface area (Å²) < 4.78 is 11.3. The minimum absolute atomic E-state index is 0.196. The number of fused-ring (bicyclic) bond motifs is 1. The summed E-state index contributed by atoms with van der Waals surface area (Å²) in [5, 5.41) is 5.91. The first-order chi connectivity index (χ1) is 15.4. The molecule has 0 aliphatic rings. The van der Waals surface area contributed by atoms with Crippen LogP contribution in [-0.4, -0.2) is 22.6 Å². The van der Waals surface area contributed by atoms with Gasteiger partial charge in [-0.2, -0.15) is 0 Å². The van der Waals surface area contributed by atoms with E-state index in [1.54, 1.807) is 24.3 Å². The lowest BCUT2D eigenvalue weighted by atomic mass is 10.1. The summed E-state index contributed by atoms with van der Waals surface area (Å²) in [7, 11) is 0. The molecule has 0 spiro atoms. The van der Waals surface area contributed by atoms with E-state index in [-0.39, 0.29) is 11.0 Å². The number of nitrogens with one attached hydrogen (secondary N) is 2. The number of rotatable bonds is 5. The van der Waals surface area contributed by atoms with Gasteiger partial charge >= 0.3 is 0 Å².